The molecule has 37 heavy (non-hydrogen) atoms. The molecule has 0 unspecified atom stereocenters. The Morgan fingerprint density at radius 2 is 1.57 bits per heavy atom. The molecule has 0 bridgehead atoms. The molecule has 8 heteroatoms. The second-order valence-corrected chi connectivity index (χ2v) is 12.5. The minimum Gasteiger partial charge on any atom is -0.350 e. The van der Waals surface area contributed by atoms with Crippen molar-refractivity contribution in [2.75, 3.05) is 13.6 Å². The molecule has 198 valence electrons. The van der Waals surface area contributed by atoms with Crippen molar-refractivity contribution in [1.82, 2.24) is 14.5 Å². The number of benzene rings is 3. The number of rotatable bonds is 9. The van der Waals surface area contributed by atoms with Gasteiger partial charge in [-0.15, -0.1) is 0 Å². The fourth-order valence-electron chi connectivity index (χ4n) is 4.14. The van der Waals surface area contributed by atoms with Gasteiger partial charge in [0.1, 0.15) is 6.04 Å². The molecule has 3 aromatic rings. The van der Waals surface area contributed by atoms with Gasteiger partial charge in [-0.1, -0.05) is 67.1 Å². The highest BCUT2D eigenvalue weighted by atomic mass is 32.2. The first-order chi connectivity index (χ1) is 17.3. The average Bonchev–Trinajstić information content (AvgIpc) is 2.83. The molecule has 0 saturated heterocycles. The SMILES string of the molecule is CC[C@@H](C(=O)NC(C)(C)C)N(Cc1ccc(C)cc1)C(=O)CN(C)S(=O)(=O)c1ccc2ccccc2c1. The van der Waals surface area contributed by atoms with E-state index >= 15 is 0 Å². The Morgan fingerprint density at radius 3 is 2.16 bits per heavy atom. The van der Waals surface area contributed by atoms with E-state index in [2.05, 4.69) is 5.32 Å². The van der Waals surface area contributed by atoms with E-state index in [1.54, 1.807) is 18.2 Å². The summed E-state index contributed by atoms with van der Waals surface area (Å²) < 4.78 is 27.8. The summed E-state index contributed by atoms with van der Waals surface area (Å²) in [6.07, 6.45) is 0.390. The van der Waals surface area contributed by atoms with Crippen LogP contribution in [0.1, 0.15) is 45.2 Å². The molecule has 0 aromatic heterocycles. The lowest BCUT2D eigenvalue weighted by Crippen LogP contribution is -2.55. The van der Waals surface area contributed by atoms with Gasteiger partial charge >= 0.3 is 0 Å². The van der Waals surface area contributed by atoms with E-state index in [0.29, 0.717) is 6.42 Å². The van der Waals surface area contributed by atoms with Gasteiger partial charge in [-0.25, -0.2) is 8.42 Å². The Morgan fingerprint density at radius 1 is 0.946 bits per heavy atom. The maximum atomic E-state index is 13.6. The monoisotopic (exact) mass is 523 g/mol. The van der Waals surface area contributed by atoms with Gasteiger partial charge < -0.3 is 10.2 Å². The number of nitrogens with zero attached hydrogens (tertiary/aromatic N) is 2. The van der Waals surface area contributed by atoms with E-state index in [-0.39, 0.29) is 23.9 Å². The van der Waals surface area contributed by atoms with Crippen LogP contribution >= 0.6 is 0 Å². The van der Waals surface area contributed by atoms with Crippen molar-refractivity contribution >= 4 is 32.6 Å². The van der Waals surface area contributed by atoms with E-state index in [1.165, 1.54) is 11.9 Å². The number of nitrogens with one attached hydrogen (secondary N) is 1. The van der Waals surface area contributed by atoms with Gasteiger partial charge in [-0.3, -0.25) is 9.59 Å². The van der Waals surface area contributed by atoms with Crippen LogP contribution in [0.5, 0.6) is 0 Å². The molecule has 2 amide bonds. The van der Waals surface area contributed by atoms with E-state index in [1.807, 2.05) is 83.1 Å². The zero-order chi connectivity index (χ0) is 27.4. The van der Waals surface area contributed by atoms with Crippen LogP contribution in [0.4, 0.5) is 0 Å². The summed E-state index contributed by atoms with van der Waals surface area (Å²) in [5.74, 6) is -0.709. The molecule has 0 spiro atoms. The van der Waals surface area contributed by atoms with Crippen molar-refractivity contribution in [2.24, 2.45) is 0 Å². The van der Waals surface area contributed by atoms with Crippen molar-refractivity contribution in [3.05, 3.63) is 77.9 Å². The second kappa shape index (κ2) is 11.4. The molecule has 1 N–H and O–H groups in total. The number of sulfonamides is 1. The van der Waals surface area contributed by atoms with Gasteiger partial charge in [-0.2, -0.15) is 4.31 Å². The van der Waals surface area contributed by atoms with Crippen molar-refractivity contribution < 1.29 is 18.0 Å². The van der Waals surface area contributed by atoms with Crippen molar-refractivity contribution in [2.45, 2.75) is 64.1 Å². The number of likely N-dealkylation sites (N-methyl/N-ethyl adjacent to an activating group) is 1. The molecule has 0 heterocycles. The topological polar surface area (TPSA) is 86.8 Å². The van der Waals surface area contributed by atoms with Gasteiger partial charge in [0.05, 0.1) is 11.4 Å². The molecule has 0 fully saturated rings. The van der Waals surface area contributed by atoms with Crippen LogP contribution in [0.2, 0.25) is 0 Å². The first-order valence-corrected chi connectivity index (χ1v) is 13.9. The van der Waals surface area contributed by atoms with Gasteiger partial charge in [0.15, 0.2) is 0 Å². The molecule has 0 aliphatic rings. The zero-order valence-corrected chi connectivity index (χ0v) is 23.3. The minimum atomic E-state index is -3.93. The number of hydrogen-bond acceptors (Lipinski definition) is 4. The van der Waals surface area contributed by atoms with Gasteiger partial charge in [0, 0.05) is 19.1 Å². The zero-order valence-electron chi connectivity index (χ0n) is 22.5. The lowest BCUT2D eigenvalue weighted by atomic mass is 10.1. The summed E-state index contributed by atoms with van der Waals surface area (Å²) >= 11 is 0. The van der Waals surface area contributed by atoms with Gasteiger partial charge in [0.25, 0.3) is 0 Å². The van der Waals surface area contributed by atoms with Crippen molar-refractivity contribution in [3.8, 4) is 0 Å². The van der Waals surface area contributed by atoms with Crippen LogP contribution in [0, 0.1) is 6.92 Å². The average molecular weight is 524 g/mol. The molecule has 0 radical (unpaired) electrons. The first-order valence-electron chi connectivity index (χ1n) is 12.4. The van der Waals surface area contributed by atoms with Crippen LogP contribution < -0.4 is 5.32 Å². The molecule has 7 nitrogen and oxygen atoms in total. The number of aryl methyl sites for hydroxylation is 1. The quantitative estimate of drug-likeness (QED) is 0.448. The van der Waals surface area contributed by atoms with Crippen molar-refractivity contribution in [3.63, 3.8) is 0 Å². The maximum Gasteiger partial charge on any atom is 0.243 e. The van der Waals surface area contributed by atoms with Gasteiger partial charge in [-0.05, 0) is 62.6 Å². The Bertz CT molecular complexity index is 1360. The predicted molar refractivity (Wildman–Crippen MR) is 147 cm³/mol. The Kier molecular flexibility index (Phi) is 8.76. The summed E-state index contributed by atoms with van der Waals surface area (Å²) in [6, 6.07) is 19.4. The molecule has 0 aliphatic carbocycles. The van der Waals surface area contributed by atoms with E-state index in [9.17, 15) is 18.0 Å². The molecular weight excluding hydrogens is 486 g/mol. The fraction of sp³-hybridized carbons (Fsp3) is 0.379. The lowest BCUT2D eigenvalue weighted by molar-refractivity contribution is -0.142. The third-order valence-electron chi connectivity index (χ3n) is 6.14. The smallest absolute Gasteiger partial charge is 0.243 e. The third-order valence-corrected chi connectivity index (χ3v) is 7.94. The van der Waals surface area contributed by atoms with E-state index in [4.69, 9.17) is 0 Å². The van der Waals surface area contributed by atoms with Crippen LogP contribution in [0.15, 0.2) is 71.6 Å². The largest absolute Gasteiger partial charge is 0.350 e. The molecule has 3 aromatic carbocycles. The first kappa shape index (κ1) is 28.3. The van der Waals surface area contributed by atoms with Crippen LogP contribution in [-0.4, -0.2) is 54.6 Å². The Balaban J connectivity index is 1.89. The standard InChI is InChI=1S/C29H37N3O4S/c1-7-26(28(34)30-29(3,4)5)32(19-22-14-12-21(2)13-15-22)27(33)20-31(6)37(35,36)25-17-16-23-10-8-9-11-24(23)18-25/h8-18,26H,7,19-20H2,1-6H3,(H,30,34)/t26-/m0/s1. The number of carbonyl (C=O) groups is 2. The highest BCUT2D eigenvalue weighted by Crippen LogP contribution is 2.22. The maximum absolute atomic E-state index is 13.6. The van der Waals surface area contributed by atoms with Crippen LogP contribution in [-0.2, 0) is 26.2 Å². The molecular formula is C29H37N3O4S. The summed E-state index contributed by atoms with van der Waals surface area (Å²) in [6.45, 7) is 9.27. The highest BCUT2D eigenvalue weighted by molar-refractivity contribution is 7.89. The summed E-state index contributed by atoms with van der Waals surface area (Å²) in [5.41, 5.74) is 1.47. The Labute approximate surface area is 220 Å². The van der Waals surface area contributed by atoms with Gasteiger partial charge in [0.2, 0.25) is 21.8 Å². The number of amides is 2. The molecule has 1 atom stereocenters. The van der Waals surface area contributed by atoms with Crippen LogP contribution in [0.3, 0.4) is 0 Å². The second-order valence-electron chi connectivity index (χ2n) is 10.4. The number of carbonyl (C=O) groups excluding carboxylic acids is 2. The summed E-state index contributed by atoms with van der Waals surface area (Å²) in [7, 11) is -2.54. The predicted octanol–water partition coefficient (Wildman–Crippen LogP) is 4.49. The number of fused-ring (bicyclic) bond motifs is 1. The summed E-state index contributed by atoms with van der Waals surface area (Å²) in [4.78, 5) is 28.4. The van der Waals surface area contributed by atoms with E-state index < -0.39 is 27.5 Å². The third kappa shape index (κ3) is 7.17. The van der Waals surface area contributed by atoms with E-state index in [0.717, 1.165) is 26.2 Å². The number of hydrogen-bond donors (Lipinski definition) is 1. The lowest BCUT2D eigenvalue weighted by Gasteiger charge is -2.34. The molecule has 0 aliphatic heterocycles. The minimum absolute atomic E-state index is 0.115. The fourth-order valence-corrected chi connectivity index (χ4v) is 5.29. The summed E-state index contributed by atoms with van der Waals surface area (Å²) in [5, 5.41) is 4.69. The normalized spacial score (nSPS) is 12.9. The van der Waals surface area contributed by atoms with Crippen molar-refractivity contribution in [1.29, 1.82) is 0 Å². The Hall–Kier alpha value is -3.23. The molecule has 0 saturated carbocycles. The van der Waals surface area contributed by atoms with Crippen LogP contribution in [0.25, 0.3) is 10.8 Å². The molecule has 3 rings (SSSR count). The highest BCUT2D eigenvalue weighted by Gasteiger charge is 2.33.